The minimum Gasteiger partial charge on any atom is -0.322 e. The van der Waals surface area contributed by atoms with Crippen LogP contribution >= 0.6 is 11.3 Å². The lowest BCUT2D eigenvalue weighted by molar-refractivity contribution is 0.102. The van der Waals surface area contributed by atoms with Gasteiger partial charge in [-0.3, -0.25) is 4.79 Å². The van der Waals surface area contributed by atoms with Crippen molar-refractivity contribution in [3.8, 4) is 10.6 Å². The van der Waals surface area contributed by atoms with E-state index in [4.69, 9.17) is 0 Å². The quantitative estimate of drug-likeness (QED) is 0.392. The molecule has 2 heterocycles. The van der Waals surface area contributed by atoms with Crippen molar-refractivity contribution in [2.45, 2.75) is 24.7 Å². The standard InChI is InChI=1S/C26H25N3O3S2/c1-18-6-5-15-29(17-18)34(31,32)22-13-11-19(12-14-22)25(30)27-21-8-4-7-20(16-21)26-28-23-9-2-3-10-24(23)33-26/h2-4,7-14,16,18H,5-6,15,17H2,1H3,(H,27,30). The molecule has 5 rings (SSSR count). The van der Waals surface area contributed by atoms with Crippen LogP contribution in [0.5, 0.6) is 0 Å². The molecule has 0 radical (unpaired) electrons. The average molecular weight is 492 g/mol. The largest absolute Gasteiger partial charge is 0.322 e. The van der Waals surface area contributed by atoms with E-state index in [9.17, 15) is 13.2 Å². The predicted octanol–water partition coefficient (Wildman–Crippen LogP) is 5.64. The summed E-state index contributed by atoms with van der Waals surface area (Å²) < 4.78 is 28.6. The predicted molar refractivity (Wildman–Crippen MR) is 137 cm³/mol. The second-order valence-corrected chi connectivity index (χ2v) is 11.6. The van der Waals surface area contributed by atoms with Crippen LogP contribution in [0.4, 0.5) is 5.69 Å². The normalized spacial score (nSPS) is 17.0. The zero-order valence-electron chi connectivity index (χ0n) is 18.8. The number of piperidine rings is 1. The van der Waals surface area contributed by atoms with Gasteiger partial charge in [-0.2, -0.15) is 4.31 Å². The Balaban J connectivity index is 1.31. The van der Waals surface area contributed by atoms with Gasteiger partial charge in [0.1, 0.15) is 5.01 Å². The van der Waals surface area contributed by atoms with Crippen LogP contribution in [0.1, 0.15) is 30.1 Å². The Morgan fingerprint density at radius 2 is 1.85 bits per heavy atom. The van der Waals surface area contributed by atoms with E-state index in [1.807, 2.05) is 48.5 Å². The van der Waals surface area contributed by atoms with Crippen LogP contribution in [0.3, 0.4) is 0 Å². The molecule has 0 aliphatic carbocycles. The first kappa shape index (κ1) is 22.7. The summed E-state index contributed by atoms with van der Waals surface area (Å²) >= 11 is 1.61. The molecule has 1 atom stereocenters. The summed E-state index contributed by atoms with van der Waals surface area (Å²) in [4.78, 5) is 17.7. The SMILES string of the molecule is CC1CCCN(S(=O)(=O)c2ccc(C(=O)Nc3cccc(-c4nc5ccccc5s4)c3)cc2)C1. The number of aromatic nitrogens is 1. The first-order valence-corrected chi connectivity index (χ1v) is 13.5. The number of para-hydroxylation sites is 1. The van der Waals surface area contributed by atoms with Crippen molar-refractivity contribution < 1.29 is 13.2 Å². The van der Waals surface area contributed by atoms with E-state index >= 15 is 0 Å². The second kappa shape index (κ2) is 9.29. The molecule has 8 heteroatoms. The van der Waals surface area contributed by atoms with Crippen molar-refractivity contribution in [2.75, 3.05) is 18.4 Å². The number of hydrogen-bond acceptors (Lipinski definition) is 5. The summed E-state index contributed by atoms with van der Waals surface area (Å²) in [5.41, 5.74) is 2.93. The highest BCUT2D eigenvalue weighted by molar-refractivity contribution is 7.89. The molecule has 1 unspecified atom stereocenters. The number of nitrogens with zero attached hydrogens (tertiary/aromatic N) is 2. The van der Waals surface area contributed by atoms with Gasteiger partial charge in [0.2, 0.25) is 10.0 Å². The first-order valence-electron chi connectivity index (χ1n) is 11.3. The molecule has 1 saturated heterocycles. The van der Waals surface area contributed by atoms with Gasteiger partial charge in [0.15, 0.2) is 0 Å². The van der Waals surface area contributed by atoms with Crippen molar-refractivity contribution in [3.63, 3.8) is 0 Å². The van der Waals surface area contributed by atoms with E-state index in [2.05, 4.69) is 17.2 Å². The number of carbonyl (C=O) groups excluding carboxylic acids is 1. The number of sulfonamides is 1. The molecule has 4 aromatic rings. The monoisotopic (exact) mass is 491 g/mol. The minimum absolute atomic E-state index is 0.219. The van der Waals surface area contributed by atoms with Gasteiger partial charge in [-0.05, 0) is 67.3 Å². The molecule has 174 valence electrons. The van der Waals surface area contributed by atoms with E-state index in [-0.39, 0.29) is 10.8 Å². The third-order valence-corrected chi connectivity index (χ3v) is 9.00. The van der Waals surface area contributed by atoms with Gasteiger partial charge in [0.25, 0.3) is 5.91 Å². The zero-order valence-corrected chi connectivity index (χ0v) is 20.4. The van der Waals surface area contributed by atoms with E-state index in [0.29, 0.717) is 30.3 Å². The molecule has 1 N–H and O–H groups in total. The van der Waals surface area contributed by atoms with Crippen LogP contribution in [0, 0.1) is 5.92 Å². The lowest BCUT2D eigenvalue weighted by Gasteiger charge is -2.30. The Morgan fingerprint density at radius 3 is 2.62 bits per heavy atom. The molecule has 3 aromatic carbocycles. The van der Waals surface area contributed by atoms with Gasteiger partial charge in [0.05, 0.1) is 15.1 Å². The summed E-state index contributed by atoms with van der Waals surface area (Å²) in [6.45, 7) is 3.15. The van der Waals surface area contributed by atoms with Crippen LogP contribution in [0.15, 0.2) is 77.7 Å². The van der Waals surface area contributed by atoms with Crippen LogP contribution < -0.4 is 5.32 Å². The maximum atomic E-state index is 13.0. The van der Waals surface area contributed by atoms with Crippen molar-refractivity contribution in [2.24, 2.45) is 5.92 Å². The van der Waals surface area contributed by atoms with E-state index in [0.717, 1.165) is 33.6 Å². The number of carbonyl (C=O) groups is 1. The lowest BCUT2D eigenvalue weighted by Crippen LogP contribution is -2.39. The van der Waals surface area contributed by atoms with Gasteiger partial charge in [-0.15, -0.1) is 11.3 Å². The number of thiazole rings is 1. The molecular weight excluding hydrogens is 466 g/mol. The van der Waals surface area contributed by atoms with E-state index in [1.165, 1.54) is 12.1 Å². The Bertz CT molecular complexity index is 1410. The van der Waals surface area contributed by atoms with E-state index < -0.39 is 10.0 Å². The van der Waals surface area contributed by atoms with Gasteiger partial charge in [-0.1, -0.05) is 31.2 Å². The molecule has 0 spiro atoms. The molecule has 1 amide bonds. The fraction of sp³-hybridized carbons (Fsp3) is 0.231. The molecule has 34 heavy (non-hydrogen) atoms. The molecule has 0 bridgehead atoms. The highest BCUT2D eigenvalue weighted by atomic mass is 32.2. The molecule has 1 aliphatic rings. The smallest absolute Gasteiger partial charge is 0.255 e. The van der Waals surface area contributed by atoms with Gasteiger partial charge in [0, 0.05) is 29.9 Å². The topological polar surface area (TPSA) is 79.4 Å². The van der Waals surface area contributed by atoms with Crippen LogP contribution in [0.2, 0.25) is 0 Å². The lowest BCUT2D eigenvalue weighted by atomic mass is 10.0. The summed E-state index contributed by atoms with van der Waals surface area (Å²) in [5, 5.41) is 3.80. The van der Waals surface area contributed by atoms with Crippen molar-refractivity contribution in [1.29, 1.82) is 0 Å². The number of rotatable bonds is 5. The minimum atomic E-state index is -3.55. The fourth-order valence-corrected chi connectivity index (χ4v) is 6.78. The number of amides is 1. The number of anilines is 1. The van der Waals surface area contributed by atoms with Crippen LogP contribution in [-0.4, -0.2) is 36.7 Å². The van der Waals surface area contributed by atoms with Gasteiger partial charge in [-0.25, -0.2) is 13.4 Å². The van der Waals surface area contributed by atoms with Gasteiger partial charge < -0.3 is 5.32 Å². The number of nitrogens with one attached hydrogen (secondary N) is 1. The third kappa shape index (κ3) is 4.61. The van der Waals surface area contributed by atoms with Crippen molar-refractivity contribution in [1.82, 2.24) is 9.29 Å². The van der Waals surface area contributed by atoms with Crippen LogP contribution in [0.25, 0.3) is 20.8 Å². The van der Waals surface area contributed by atoms with Crippen molar-refractivity contribution in [3.05, 3.63) is 78.4 Å². The maximum absolute atomic E-state index is 13.0. The molecule has 0 saturated carbocycles. The Labute approximate surface area is 203 Å². The Kier molecular flexibility index (Phi) is 6.20. The highest BCUT2D eigenvalue weighted by Gasteiger charge is 2.28. The van der Waals surface area contributed by atoms with E-state index in [1.54, 1.807) is 27.8 Å². The summed E-state index contributed by atoms with van der Waals surface area (Å²) in [6, 6.07) is 21.7. The highest BCUT2D eigenvalue weighted by Crippen LogP contribution is 2.31. The maximum Gasteiger partial charge on any atom is 0.255 e. The first-order chi connectivity index (χ1) is 16.4. The Morgan fingerprint density at radius 1 is 1.06 bits per heavy atom. The fourth-order valence-electron chi connectivity index (χ4n) is 4.22. The van der Waals surface area contributed by atoms with Gasteiger partial charge >= 0.3 is 0 Å². The molecule has 1 aromatic heterocycles. The second-order valence-electron chi connectivity index (χ2n) is 8.66. The number of fused-ring (bicyclic) bond motifs is 1. The number of benzene rings is 3. The molecular formula is C26H25N3O3S2. The summed E-state index contributed by atoms with van der Waals surface area (Å²) in [5.74, 6) is 0.0593. The summed E-state index contributed by atoms with van der Waals surface area (Å²) in [6.07, 6.45) is 1.92. The molecule has 1 fully saturated rings. The molecule has 1 aliphatic heterocycles. The van der Waals surface area contributed by atoms with Crippen molar-refractivity contribution >= 4 is 43.2 Å². The Hall–Kier alpha value is -3.07. The zero-order chi connectivity index (χ0) is 23.7. The number of hydrogen-bond donors (Lipinski definition) is 1. The van der Waals surface area contributed by atoms with Crippen LogP contribution in [-0.2, 0) is 10.0 Å². The summed E-state index contributed by atoms with van der Waals surface area (Å²) in [7, 11) is -3.55. The third-order valence-electron chi connectivity index (χ3n) is 6.04. The molecule has 6 nitrogen and oxygen atoms in total. The average Bonchev–Trinajstić information content (AvgIpc) is 3.29.